The fourth-order valence-electron chi connectivity index (χ4n) is 1.14. The summed E-state index contributed by atoms with van der Waals surface area (Å²) in [6.45, 7) is 5.30. The van der Waals surface area contributed by atoms with Crippen LogP contribution in [0, 0.1) is 0 Å². The van der Waals surface area contributed by atoms with E-state index in [1.165, 1.54) is 0 Å². The van der Waals surface area contributed by atoms with Crippen LogP contribution >= 0.6 is 0 Å². The highest BCUT2D eigenvalue weighted by Gasteiger charge is 2.04. The second-order valence-corrected chi connectivity index (χ2v) is 3.93. The van der Waals surface area contributed by atoms with Gasteiger partial charge in [-0.1, -0.05) is 6.92 Å². The third-order valence-corrected chi connectivity index (χ3v) is 2.03. The zero-order valence-electron chi connectivity index (χ0n) is 10.3. The van der Waals surface area contributed by atoms with Gasteiger partial charge in [-0.2, -0.15) is 4.98 Å². The maximum absolute atomic E-state index is 5.36. The van der Waals surface area contributed by atoms with Crippen molar-refractivity contribution in [1.82, 2.24) is 15.2 Å². The molecule has 1 aromatic rings. The summed E-state index contributed by atoms with van der Waals surface area (Å²) in [6, 6.07) is 0. The molecule has 0 saturated carbocycles. The van der Waals surface area contributed by atoms with Gasteiger partial charge in [0.05, 0.1) is 5.69 Å². The van der Waals surface area contributed by atoms with Crippen LogP contribution in [0.3, 0.4) is 0 Å². The zero-order chi connectivity index (χ0) is 11.8. The SMILES string of the molecule is CCCNCc1coc(OCCN(C)C)n1. The summed E-state index contributed by atoms with van der Waals surface area (Å²) in [7, 11) is 4.00. The third-order valence-electron chi connectivity index (χ3n) is 2.03. The van der Waals surface area contributed by atoms with Crippen molar-refractivity contribution in [2.75, 3.05) is 33.8 Å². The highest BCUT2D eigenvalue weighted by Crippen LogP contribution is 2.09. The fraction of sp³-hybridized carbons (Fsp3) is 0.727. The second kappa shape index (κ2) is 7.24. The Morgan fingerprint density at radius 1 is 1.50 bits per heavy atom. The molecule has 1 aromatic heterocycles. The van der Waals surface area contributed by atoms with E-state index < -0.39 is 0 Å². The Kier molecular flexibility index (Phi) is 5.88. The molecule has 0 aliphatic rings. The van der Waals surface area contributed by atoms with Crippen molar-refractivity contribution in [2.45, 2.75) is 19.9 Å². The molecular weight excluding hydrogens is 206 g/mol. The molecule has 0 unspecified atom stereocenters. The van der Waals surface area contributed by atoms with Gasteiger partial charge < -0.3 is 19.4 Å². The summed E-state index contributed by atoms with van der Waals surface area (Å²) in [6.07, 6.45) is 3.10. The van der Waals surface area contributed by atoms with Crippen molar-refractivity contribution in [1.29, 1.82) is 0 Å². The lowest BCUT2D eigenvalue weighted by molar-refractivity contribution is 0.203. The van der Waals surface area contributed by atoms with Crippen molar-refractivity contribution in [3.05, 3.63) is 12.0 Å². The number of rotatable bonds is 8. The molecule has 0 aromatic carbocycles. The standard InChI is InChI=1S/C11H21N3O2/c1-4-5-12-8-10-9-16-11(13-10)15-7-6-14(2)3/h9,12H,4-8H2,1-3H3. The summed E-state index contributed by atoms with van der Waals surface area (Å²) >= 11 is 0. The maximum atomic E-state index is 5.36. The summed E-state index contributed by atoms with van der Waals surface area (Å²) in [5.74, 6) is 0. The number of hydrogen-bond donors (Lipinski definition) is 1. The monoisotopic (exact) mass is 227 g/mol. The minimum absolute atomic E-state index is 0.357. The Morgan fingerprint density at radius 2 is 2.31 bits per heavy atom. The van der Waals surface area contributed by atoms with E-state index in [1.807, 2.05) is 19.0 Å². The van der Waals surface area contributed by atoms with E-state index >= 15 is 0 Å². The highest BCUT2D eigenvalue weighted by atomic mass is 16.6. The van der Waals surface area contributed by atoms with Crippen molar-refractivity contribution in [3.63, 3.8) is 0 Å². The van der Waals surface area contributed by atoms with Crippen LogP contribution in [-0.4, -0.2) is 43.7 Å². The largest absolute Gasteiger partial charge is 0.449 e. The van der Waals surface area contributed by atoms with Gasteiger partial charge in [0.25, 0.3) is 0 Å². The van der Waals surface area contributed by atoms with E-state index in [2.05, 4.69) is 17.2 Å². The van der Waals surface area contributed by atoms with Gasteiger partial charge in [0.1, 0.15) is 12.9 Å². The quantitative estimate of drug-likeness (QED) is 0.674. The molecule has 5 nitrogen and oxygen atoms in total. The molecular formula is C11H21N3O2. The molecule has 0 aliphatic heterocycles. The van der Waals surface area contributed by atoms with E-state index in [1.54, 1.807) is 6.26 Å². The third kappa shape index (κ3) is 5.14. The fourth-order valence-corrected chi connectivity index (χ4v) is 1.14. The number of aromatic nitrogens is 1. The van der Waals surface area contributed by atoms with E-state index in [9.17, 15) is 0 Å². The number of nitrogens with zero attached hydrogens (tertiary/aromatic N) is 2. The molecule has 0 amide bonds. The first-order valence-corrected chi connectivity index (χ1v) is 5.65. The summed E-state index contributed by atoms with van der Waals surface area (Å²) in [5, 5.41) is 3.25. The molecule has 1 N–H and O–H groups in total. The smallest absolute Gasteiger partial charge is 0.393 e. The van der Waals surface area contributed by atoms with Crippen LogP contribution in [-0.2, 0) is 6.54 Å². The minimum atomic E-state index is 0.357. The topological polar surface area (TPSA) is 50.5 Å². The Bertz CT molecular complexity index is 287. The summed E-state index contributed by atoms with van der Waals surface area (Å²) in [4.78, 5) is 6.26. The molecule has 0 fully saturated rings. The normalized spacial score (nSPS) is 11.0. The molecule has 0 saturated heterocycles. The number of hydrogen-bond acceptors (Lipinski definition) is 5. The van der Waals surface area contributed by atoms with E-state index in [0.717, 1.165) is 31.7 Å². The molecule has 0 aliphatic carbocycles. The van der Waals surface area contributed by atoms with Crippen LogP contribution in [0.1, 0.15) is 19.0 Å². The summed E-state index contributed by atoms with van der Waals surface area (Å²) < 4.78 is 10.5. The molecule has 16 heavy (non-hydrogen) atoms. The Balaban J connectivity index is 2.22. The van der Waals surface area contributed by atoms with Gasteiger partial charge in [-0.05, 0) is 27.1 Å². The number of ether oxygens (including phenoxy) is 1. The highest BCUT2D eigenvalue weighted by molar-refractivity contribution is 4.99. The molecule has 1 rings (SSSR count). The average molecular weight is 227 g/mol. The van der Waals surface area contributed by atoms with Gasteiger partial charge >= 0.3 is 6.08 Å². The Hall–Kier alpha value is -1.07. The Morgan fingerprint density at radius 3 is 3.00 bits per heavy atom. The molecule has 0 atom stereocenters. The lowest BCUT2D eigenvalue weighted by Crippen LogP contribution is -2.19. The van der Waals surface area contributed by atoms with E-state index in [4.69, 9.17) is 9.15 Å². The van der Waals surface area contributed by atoms with Gasteiger partial charge in [-0.15, -0.1) is 0 Å². The van der Waals surface area contributed by atoms with Gasteiger partial charge in [-0.25, -0.2) is 0 Å². The van der Waals surface area contributed by atoms with Crippen LogP contribution in [0.5, 0.6) is 6.08 Å². The lowest BCUT2D eigenvalue weighted by Gasteiger charge is -2.07. The number of nitrogens with one attached hydrogen (secondary N) is 1. The van der Waals surface area contributed by atoms with Gasteiger partial charge in [-0.3, -0.25) is 0 Å². The van der Waals surface area contributed by atoms with Gasteiger partial charge in [0.15, 0.2) is 0 Å². The van der Waals surface area contributed by atoms with Crippen LogP contribution in [0.2, 0.25) is 0 Å². The molecule has 1 heterocycles. The van der Waals surface area contributed by atoms with Crippen molar-refractivity contribution in [2.24, 2.45) is 0 Å². The molecule has 0 spiro atoms. The molecule has 5 heteroatoms. The van der Waals surface area contributed by atoms with E-state index in [0.29, 0.717) is 12.7 Å². The zero-order valence-corrected chi connectivity index (χ0v) is 10.3. The first-order chi connectivity index (χ1) is 7.72. The number of likely N-dealkylation sites (N-methyl/N-ethyl adjacent to an activating group) is 1. The second-order valence-electron chi connectivity index (χ2n) is 3.93. The minimum Gasteiger partial charge on any atom is -0.449 e. The lowest BCUT2D eigenvalue weighted by atomic mass is 10.4. The van der Waals surface area contributed by atoms with Gasteiger partial charge in [0.2, 0.25) is 0 Å². The Labute approximate surface area is 96.8 Å². The first kappa shape index (κ1) is 13.0. The summed E-state index contributed by atoms with van der Waals surface area (Å²) in [5.41, 5.74) is 0.883. The first-order valence-electron chi connectivity index (χ1n) is 5.65. The predicted octanol–water partition coefficient (Wildman–Crippen LogP) is 1.11. The van der Waals surface area contributed by atoms with Gasteiger partial charge in [0, 0.05) is 13.1 Å². The van der Waals surface area contributed by atoms with E-state index in [-0.39, 0.29) is 0 Å². The van der Waals surface area contributed by atoms with Crippen molar-refractivity contribution >= 4 is 0 Å². The molecule has 0 bridgehead atoms. The van der Waals surface area contributed by atoms with Crippen molar-refractivity contribution < 1.29 is 9.15 Å². The maximum Gasteiger partial charge on any atom is 0.393 e. The van der Waals surface area contributed by atoms with Crippen molar-refractivity contribution in [3.8, 4) is 6.08 Å². The predicted molar refractivity (Wildman–Crippen MR) is 62.5 cm³/mol. The van der Waals surface area contributed by atoms with Crippen LogP contribution < -0.4 is 10.1 Å². The number of oxazole rings is 1. The van der Waals surface area contributed by atoms with Crippen LogP contribution in [0.25, 0.3) is 0 Å². The van der Waals surface area contributed by atoms with Crippen LogP contribution in [0.15, 0.2) is 10.7 Å². The molecule has 92 valence electrons. The average Bonchev–Trinajstić information content (AvgIpc) is 2.66. The molecule has 0 radical (unpaired) electrons. The van der Waals surface area contributed by atoms with Crippen LogP contribution in [0.4, 0.5) is 0 Å².